The number of nitrogens with zero attached hydrogens (tertiary/aromatic N) is 1. The Kier molecular flexibility index (Phi) is 4.44. The maximum absolute atomic E-state index is 12.8. The van der Waals surface area contributed by atoms with Gasteiger partial charge < -0.3 is 5.73 Å². The first-order valence-electron chi connectivity index (χ1n) is 6.50. The van der Waals surface area contributed by atoms with Crippen molar-refractivity contribution >= 4 is 33.0 Å². The van der Waals surface area contributed by atoms with Gasteiger partial charge in [-0.15, -0.1) is 0 Å². The zero-order chi connectivity index (χ0) is 15.6. The standard InChI is InChI=1S/C15H17ClN2O2S/c1-3-18(12-6-4-5-11(2)9-12)21(19,20)13-7-8-15(17)14(16)10-13/h4-10H,3,17H2,1-2H3. The van der Waals surface area contributed by atoms with Gasteiger partial charge in [0.15, 0.2) is 0 Å². The van der Waals surface area contributed by atoms with Crippen LogP contribution in [0.4, 0.5) is 11.4 Å². The Balaban J connectivity index is 2.51. The van der Waals surface area contributed by atoms with Crippen molar-refractivity contribution in [1.29, 1.82) is 0 Å². The van der Waals surface area contributed by atoms with Crippen molar-refractivity contribution in [2.45, 2.75) is 18.7 Å². The molecule has 0 fully saturated rings. The van der Waals surface area contributed by atoms with Crippen molar-refractivity contribution in [1.82, 2.24) is 0 Å². The minimum atomic E-state index is -3.67. The van der Waals surface area contributed by atoms with Crippen LogP contribution in [0.3, 0.4) is 0 Å². The monoisotopic (exact) mass is 324 g/mol. The van der Waals surface area contributed by atoms with Gasteiger partial charge in [-0.1, -0.05) is 23.7 Å². The van der Waals surface area contributed by atoms with Gasteiger partial charge in [-0.05, 0) is 49.7 Å². The summed E-state index contributed by atoms with van der Waals surface area (Å²) >= 11 is 5.93. The summed E-state index contributed by atoms with van der Waals surface area (Å²) in [6, 6.07) is 11.7. The molecule has 6 heteroatoms. The van der Waals surface area contributed by atoms with Gasteiger partial charge in [-0.2, -0.15) is 0 Å². The largest absolute Gasteiger partial charge is 0.398 e. The van der Waals surface area contributed by atoms with Crippen molar-refractivity contribution in [3.8, 4) is 0 Å². The first-order valence-corrected chi connectivity index (χ1v) is 8.32. The molecule has 0 aromatic heterocycles. The van der Waals surface area contributed by atoms with Crippen LogP contribution in [0.2, 0.25) is 5.02 Å². The minimum Gasteiger partial charge on any atom is -0.398 e. The van der Waals surface area contributed by atoms with E-state index in [-0.39, 0.29) is 9.92 Å². The lowest BCUT2D eigenvalue weighted by Gasteiger charge is -2.23. The molecule has 0 unspecified atom stereocenters. The molecule has 2 N–H and O–H groups in total. The molecule has 0 aliphatic heterocycles. The van der Waals surface area contributed by atoms with E-state index in [1.165, 1.54) is 22.5 Å². The minimum absolute atomic E-state index is 0.130. The number of hydrogen-bond donors (Lipinski definition) is 1. The molecule has 0 aliphatic rings. The van der Waals surface area contributed by atoms with Crippen LogP contribution in [-0.2, 0) is 10.0 Å². The molecule has 0 saturated heterocycles. The molecule has 0 aliphatic carbocycles. The lowest BCUT2D eigenvalue weighted by Crippen LogP contribution is -2.30. The molecule has 0 spiro atoms. The predicted octanol–water partition coefficient (Wildman–Crippen LogP) is 3.45. The first kappa shape index (κ1) is 15.7. The number of aryl methyl sites for hydroxylation is 1. The third kappa shape index (κ3) is 3.14. The molecule has 2 aromatic rings. The fraction of sp³-hybridized carbons (Fsp3) is 0.200. The van der Waals surface area contributed by atoms with Gasteiger partial charge in [-0.3, -0.25) is 4.31 Å². The zero-order valence-electron chi connectivity index (χ0n) is 11.9. The molecule has 0 atom stereocenters. The Morgan fingerprint density at radius 3 is 2.48 bits per heavy atom. The third-order valence-corrected chi connectivity index (χ3v) is 5.36. The smallest absolute Gasteiger partial charge is 0.264 e. The summed E-state index contributed by atoms with van der Waals surface area (Å²) < 4.78 is 26.9. The van der Waals surface area contributed by atoms with Gasteiger partial charge in [-0.25, -0.2) is 8.42 Å². The van der Waals surface area contributed by atoms with Crippen LogP contribution in [0.5, 0.6) is 0 Å². The summed E-state index contributed by atoms with van der Waals surface area (Å²) in [5, 5.41) is 0.233. The SMILES string of the molecule is CCN(c1cccc(C)c1)S(=O)(=O)c1ccc(N)c(Cl)c1. The lowest BCUT2D eigenvalue weighted by molar-refractivity contribution is 0.592. The number of hydrogen-bond acceptors (Lipinski definition) is 3. The van der Waals surface area contributed by atoms with Crippen LogP contribution >= 0.6 is 11.6 Å². The zero-order valence-corrected chi connectivity index (χ0v) is 13.4. The number of benzene rings is 2. The summed E-state index contributed by atoms with van der Waals surface area (Å²) in [7, 11) is -3.67. The topological polar surface area (TPSA) is 63.4 Å². The quantitative estimate of drug-likeness (QED) is 0.876. The highest BCUT2D eigenvalue weighted by molar-refractivity contribution is 7.92. The maximum Gasteiger partial charge on any atom is 0.264 e. The number of nitrogen functional groups attached to an aromatic ring is 1. The highest BCUT2D eigenvalue weighted by Crippen LogP contribution is 2.28. The van der Waals surface area contributed by atoms with Crippen LogP contribution in [-0.4, -0.2) is 15.0 Å². The summed E-state index contributed by atoms with van der Waals surface area (Å²) in [6.07, 6.45) is 0. The van der Waals surface area contributed by atoms with Crippen molar-refractivity contribution < 1.29 is 8.42 Å². The van der Waals surface area contributed by atoms with Crippen LogP contribution in [0.1, 0.15) is 12.5 Å². The van der Waals surface area contributed by atoms with Gasteiger partial charge in [0.25, 0.3) is 10.0 Å². The molecule has 21 heavy (non-hydrogen) atoms. The van der Waals surface area contributed by atoms with E-state index in [1.807, 2.05) is 25.1 Å². The van der Waals surface area contributed by atoms with Crippen molar-refractivity contribution in [2.75, 3.05) is 16.6 Å². The van der Waals surface area contributed by atoms with Gasteiger partial charge in [0.05, 0.1) is 21.3 Å². The lowest BCUT2D eigenvalue weighted by atomic mass is 10.2. The number of nitrogens with two attached hydrogens (primary N) is 1. The number of sulfonamides is 1. The van der Waals surface area contributed by atoms with E-state index in [2.05, 4.69) is 0 Å². The second-order valence-corrected chi connectivity index (χ2v) is 6.96. The average molecular weight is 325 g/mol. The van der Waals surface area contributed by atoms with Crippen LogP contribution < -0.4 is 10.0 Å². The van der Waals surface area contributed by atoms with Crippen LogP contribution in [0, 0.1) is 6.92 Å². The Morgan fingerprint density at radius 2 is 1.90 bits per heavy atom. The molecule has 0 saturated carbocycles. The number of anilines is 2. The molecule has 4 nitrogen and oxygen atoms in total. The average Bonchev–Trinajstić information content (AvgIpc) is 2.42. The van der Waals surface area contributed by atoms with E-state index >= 15 is 0 Å². The second kappa shape index (κ2) is 5.95. The van der Waals surface area contributed by atoms with Crippen molar-refractivity contribution in [3.63, 3.8) is 0 Å². The molecule has 0 bridgehead atoms. The third-order valence-electron chi connectivity index (χ3n) is 3.14. The highest BCUT2D eigenvalue weighted by Gasteiger charge is 2.24. The molecular formula is C15H17ClN2O2S. The van der Waals surface area contributed by atoms with E-state index in [9.17, 15) is 8.42 Å². The Hall–Kier alpha value is -1.72. The van der Waals surface area contributed by atoms with Gasteiger partial charge in [0.2, 0.25) is 0 Å². The Bertz CT molecular complexity index is 760. The van der Waals surface area contributed by atoms with E-state index in [1.54, 1.807) is 13.0 Å². The van der Waals surface area contributed by atoms with Gasteiger partial charge in [0.1, 0.15) is 0 Å². The number of rotatable bonds is 4. The summed E-state index contributed by atoms with van der Waals surface area (Å²) in [6.45, 7) is 4.04. The van der Waals surface area contributed by atoms with Crippen LogP contribution in [0.25, 0.3) is 0 Å². The molecular weight excluding hydrogens is 308 g/mol. The van der Waals surface area contributed by atoms with Gasteiger partial charge >= 0.3 is 0 Å². The molecule has 0 radical (unpaired) electrons. The summed E-state index contributed by atoms with van der Waals surface area (Å²) in [5.74, 6) is 0. The van der Waals surface area contributed by atoms with Crippen molar-refractivity contribution in [2.24, 2.45) is 0 Å². The molecule has 2 rings (SSSR count). The fourth-order valence-corrected chi connectivity index (χ4v) is 3.81. The first-order chi connectivity index (χ1) is 9.86. The maximum atomic E-state index is 12.8. The number of halogens is 1. The van der Waals surface area contributed by atoms with E-state index < -0.39 is 10.0 Å². The highest BCUT2D eigenvalue weighted by atomic mass is 35.5. The van der Waals surface area contributed by atoms with Gasteiger partial charge in [0, 0.05) is 6.54 Å². The summed E-state index contributed by atoms with van der Waals surface area (Å²) in [4.78, 5) is 0.130. The van der Waals surface area contributed by atoms with E-state index in [0.717, 1.165) is 5.56 Å². The fourth-order valence-electron chi connectivity index (χ4n) is 2.07. The van der Waals surface area contributed by atoms with Crippen molar-refractivity contribution in [3.05, 3.63) is 53.1 Å². The molecule has 112 valence electrons. The predicted molar refractivity (Wildman–Crippen MR) is 87.2 cm³/mol. The van der Waals surface area contributed by atoms with Crippen LogP contribution in [0.15, 0.2) is 47.4 Å². The second-order valence-electron chi connectivity index (χ2n) is 4.69. The Morgan fingerprint density at radius 1 is 1.19 bits per heavy atom. The molecule has 0 heterocycles. The Labute approximate surface area is 130 Å². The van der Waals surface area contributed by atoms with E-state index in [4.69, 9.17) is 17.3 Å². The summed E-state index contributed by atoms with van der Waals surface area (Å²) in [5.41, 5.74) is 7.61. The molecule has 0 amide bonds. The molecule has 2 aromatic carbocycles. The normalized spacial score (nSPS) is 11.4. The van der Waals surface area contributed by atoms with E-state index in [0.29, 0.717) is 17.9 Å².